The molecule has 0 saturated heterocycles. The number of carbonyl (C=O) groups excluding carboxylic acids is 2. The number of carbonyl (C=O) groups is 2. The maximum absolute atomic E-state index is 12.0. The van der Waals surface area contributed by atoms with Gasteiger partial charge in [-0.3, -0.25) is 9.59 Å². The monoisotopic (exact) mass is 376 g/mol. The molecule has 2 aromatic rings. The predicted octanol–water partition coefficient (Wildman–Crippen LogP) is 5.24. The summed E-state index contributed by atoms with van der Waals surface area (Å²) in [4.78, 5) is 23.6. The van der Waals surface area contributed by atoms with Gasteiger partial charge in [0.2, 0.25) is 11.8 Å². The van der Waals surface area contributed by atoms with Crippen LogP contribution in [0.25, 0.3) is 6.08 Å². The van der Waals surface area contributed by atoms with Crippen molar-refractivity contribution in [3.05, 3.63) is 64.1 Å². The highest BCUT2D eigenvalue weighted by Gasteiger charge is 2.07. The van der Waals surface area contributed by atoms with Crippen molar-refractivity contribution in [3.63, 3.8) is 0 Å². The molecule has 0 saturated carbocycles. The van der Waals surface area contributed by atoms with Crippen LogP contribution < -0.4 is 10.6 Å². The summed E-state index contributed by atoms with van der Waals surface area (Å²) in [6, 6.07) is 12.0. The molecule has 0 spiro atoms. The Morgan fingerprint density at radius 2 is 1.44 bits per heavy atom. The molecule has 0 bridgehead atoms. The van der Waals surface area contributed by atoms with Gasteiger partial charge in [0.25, 0.3) is 0 Å². The first-order valence-corrected chi connectivity index (χ1v) is 8.46. The van der Waals surface area contributed by atoms with Crippen molar-refractivity contribution in [2.24, 2.45) is 5.92 Å². The Morgan fingerprint density at radius 3 is 1.96 bits per heavy atom. The Labute approximate surface area is 156 Å². The largest absolute Gasteiger partial charge is 0.326 e. The highest BCUT2D eigenvalue weighted by Crippen LogP contribution is 2.25. The molecule has 0 unspecified atom stereocenters. The van der Waals surface area contributed by atoms with Crippen LogP contribution in [-0.2, 0) is 9.59 Å². The summed E-state index contributed by atoms with van der Waals surface area (Å²) in [6.07, 6.45) is 2.93. The van der Waals surface area contributed by atoms with E-state index >= 15 is 0 Å². The molecule has 0 fully saturated rings. The molecule has 6 heteroatoms. The minimum absolute atomic E-state index is 0.0589. The van der Waals surface area contributed by atoms with E-state index in [0.29, 0.717) is 27.0 Å². The van der Waals surface area contributed by atoms with Crippen LogP contribution in [-0.4, -0.2) is 11.8 Å². The van der Waals surface area contributed by atoms with Crippen LogP contribution in [0, 0.1) is 5.92 Å². The lowest BCUT2D eigenvalue weighted by Crippen LogP contribution is -2.17. The van der Waals surface area contributed by atoms with Gasteiger partial charge in [0.05, 0.1) is 0 Å². The SMILES string of the molecule is CC(C)C(=O)Nc1ccc(NC(=O)/C=C/c2c(Cl)cccc2Cl)cc1. The third-order valence-corrected chi connectivity index (χ3v) is 4.00. The molecule has 130 valence electrons. The summed E-state index contributed by atoms with van der Waals surface area (Å²) in [7, 11) is 0. The number of hydrogen-bond donors (Lipinski definition) is 2. The third-order valence-electron chi connectivity index (χ3n) is 3.35. The molecule has 0 aliphatic rings. The van der Waals surface area contributed by atoms with Crippen LogP contribution >= 0.6 is 23.2 Å². The molecule has 2 aromatic carbocycles. The summed E-state index contributed by atoms with van der Waals surface area (Å²) in [6.45, 7) is 3.64. The van der Waals surface area contributed by atoms with Crippen molar-refractivity contribution >= 4 is 52.5 Å². The van der Waals surface area contributed by atoms with E-state index in [0.717, 1.165) is 0 Å². The van der Waals surface area contributed by atoms with Crippen molar-refractivity contribution in [2.75, 3.05) is 10.6 Å². The molecule has 2 amide bonds. The molecule has 0 heterocycles. The number of hydrogen-bond acceptors (Lipinski definition) is 2. The topological polar surface area (TPSA) is 58.2 Å². The molecule has 2 N–H and O–H groups in total. The summed E-state index contributed by atoms with van der Waals surface area (Å²) in [5.41, 5.74) is 1.88. The first kappa shape index (κ1) is 19.0. The van der Waals surface area contributed by atoms with Gasteiger partial charge < -0.3 is 10.6 Å². The number of benzene rings is 2. The van der Waals surface area contributed by atoms with Gasteiger partial charge in [-0.25, -0.2) is 0 Å². The predicted molar refractivity (Wildman–Crippen MR) is 104 cm³/mol. The number of anilines is 2. The Kier molecular flexibility index (Phi) is 6.62. The van der Waals surface area contributed by atoms with E-state index in [1.807, 2.05) is 13.8 Å². The van der Waals surface area contributed by atoms with Crippen LogP contribution in [0.2, 0.25) is 10.0 Å². The fourth-order valence-corrected chi connectivity index (χ4v) is 2.46. The number of nitrogens with one attached hydrogen (secondary N) is 2. The molecular weight excluding hydrogens is 359 g/mol. The quantitative estimate of drug-likeness (QED) is 0.700. The summed E-state index contributed by atoms with van der Waals surface area (Å²) >= 11 is 12.1. The third kappa shape index (κ3) is 5.62. The average molecular weight is 377 g/mol. The zero-order chi connectivity index (χ0) is 18.4. The van der Waals surface area contributed by atoms with Crippen molar-refractivity contribution in [1.29, 1.82) is 0 Å². The number of amides is 2. The fourth-order valence-electron chi connectivity index (χ4n) is 1.94. The lowest BCUT2D eigenvalue weighted by atomic mass is 10.2. The van der Waals surface area contributed by atoms with Crippen LogP contribution in [0.3, 0.4) is 0 Å². The normalized spacial score (nSPS) is 10.9. The highest BCUT2D eigenvalue weighted by atomic mass is 35.5. The van der Waals surface area contributed by atoms with E-state index in [4.69, 9.17) is 23.2 Å². The molecule has 4 nitrogen and oxygen atoms in total. The molecule has 2 rings (SSSR count). The van der Waals surface area contributed by atoms with Crippen molar-refractivity contribution < 1.29 is 9.59 Å². The second kappa shape index (κ2) is 8.70. The first-order chi connectivity index (χ1) is 11.9. The number of halogens is 2. The van der Waals surface area contributed by atoms with Crippen molar-refractivity contribution in [2.45, 2.75) is 13.8 Å². The zero-order valence-corrected chi connectivity index (χ0v) is 15.4. The van der Waals surface area contributed by atoms with Gasteiger partial charge in [-0.1, -0.05) is 43.1 Å². The van der Waals surface area contributed by atoms with Gasteiger partial charge in [0.1, 0.15) is 0 Å². The zero-order valence-electron chi connectivity index (χ0n) is 13.8. The van der Waals surface area contributed by atoms with Crippen LogP contribution in [0.5, 0.6) is 0 Å². The first-order valence-electron chi connectivity index (χ1n) is 7.71. The van der Waals surface area contributed by atoms with Gasteiger partial charge in [0.15, 0.2) is 0 Å². The Balaban J connectivity index is 1.99. The highest BCUT2D eigenvalue weighted by molar-refractivity contribution is 6.37. The van der Waals surface area contributed by atoms with Crippen LogP contribution in [0.4, 0.5) is 11.4 Å². The fraction of sp³-hybridized carbons (Fsp3) is 0.158. The second-order valence-electron chi connectivity index (χ2n) is 5.68. The molecule has 0 aliphatic heterocycles. The Bertz CT molecular complexity index is 779. The van der Waals surface area contributed by atoms with E-state index in [9.17, 15) is 9.59 Å². The minimum atomic E-state index is -0.310. The van der Waals surface area contributed by atoms with Gasteiger partial charge in [-0.2, -0.15) is 0 Å². The standard InChI is InChI=1S/C19H18Cl2N2O2/c1-12(2)19(25)23-14-8-6-13(7-9-14)22-18(24)11-10-15-16(20)4-3-5-17(15)21/h3-12H,1-2H3,(H,22,24)(H,23,25)/b11-10+. The summed E-state index contributed by atoms with van der Waals surface area (Å²) in [5, 5.41) is 6.46. The molecule has 0 radical (unpaired) electrons. The van der Waals surface area contributed by atoms with Gasteiger partial charge in [-0.05, 0) is 42.5 Å². The van der Waals surface area contributed by atoms with E-state index < -0.39 is 0 Å². The van der Waals surface area contributed by atoms with Gasteiger partial charge in [-0.15, -0.1) is 0 Å². The smallest absolute Gasteiger partial charge is 0.248 e. The molecule has 0 aliphatic carbocycles. The molecule has 0 atom stereocenters. The van der Waals surface area contributed by atoms with Gasteiger partial charge in [0, 0.05) is 39.0 Å². The van der Waals surface area contributed by atoms with E-state index in [1.165, 1.54) is 6.08 Å². The maximum Gasteiger partial charge on any atom is 0.248 e. The van der Waals surface area contributed by atoms with Crippen LogP contribution in [0.1, 0.15) is 19.4 Å². The molecule has 25 heavy (non-hydrogen) atoms. The average Bonchev–Trinajstić information content (AvgIpc) is 2.56. The number of rotatable bonds is 5. The summed E-state index contributed by atoms with van der Waals surface area (Å²) < 4.78 is 0. The van der Waals surface area contributed by atoms with E-state index in [2.05, 4.69) is 10.6 Å². The van der Waals surface area contributed by atoms with E-state index in [-0.39, 0.29) is 17.7 Å². The van der Waals surface area contributed by atoms with Gasteiger partial charge >= 0.3 is 0 Å². The lowest BCUT2D eigenvalue weighted by molar-refractivity contribution is -0.119. The molecular formula is C19H18Cl2N2O2. The lowest BCUT2D eigenvalue weighted by Gasteiger charge is -2.08. The van der Waals surface area contributed by atoms with E-state index in [1.54, 1.807) is 48.5 Å². The molecule has 0 aromatic heterocycles. The minimum Gasteiger partial charge on any atom is -0.326 e. The maximum atomic E-state index is 12.0. The Hall–Kier alpha value is -2.30. The summed E-state index contributed by atoms with van der Waals surface area (Å²) in [5.74, 6) is -0.465. The van der Waals surface area contributed by atoms with Crippen molar-refractivity contribution in [1.82, 2.24) is 0 Å². The van der Waals surface area contributed by atoms with Crippen LogP contribution in [0.15, 0.2) is 48.5 Å². The van der Waals surface area contributed by atoms with Crippen molar-refractivity contribution in [3.8, 4) is 0 Å². The Morgan fingerprint density at radius 1 is 0.920 bits per heavy atom. The second-order valence-corrected chi connectivity index (χ2v) is 6.49.